The number of fused-ring (bicyclic) bond motifs is 1. The van der Waals surface area contributed by atoms with Crippen LogP contribution in [0.1, 0.15) is 60.9 Å². The number of benzene rings is 2. The molecule has 0 unspecified atom stereocenters. The van der Waals surface area contributed by atoms with Gasteiger partial charge in [-0.25, -0.2) is 0 Å². The molecule has 38 heavy (non-hydrogen) atoms. The molecule has 0 aromatic heterocycles. The molecule has 0 radical (unpaired) electrons. The van der Waals surface area contributed by atoms with Crippen LogP contribution < -0.4 is 14.8 Å². The van der Waals surface area contributed by atoms with E-state index in [1.807, 2.05) is 55.4 Å². The van der Waals surface area contributed by atoms with E-state index in [9.17, 15) is 9.59 Å². The van der Waals surface area contributed by atoms with Crippen molar-refractivity contribution in [1.82, 2.24) is 15.1 Å². The number of rotatable bonds is 6. The van der Waals surface area contributed by atoms with Crippen LogP contribution in [0.4, 0.5) is 0 Å². The third kappa shape index (κ3) is 7.50. The van der Waals surface area contributed by atoms with E-state index in [2.05, 4.69) is 22.3 Å². The summed E-state index contributed by atoms with van der Waals surface area (Å²) in [5.41, 5.74) is 1.46. The van der Waals surface area contributed by atoms with Gasteiger partial charge in [0, 0.05) is 25.2 Å². The van der Waals surface area contributed by atoms with Gasteiger partial charge in [0.2, 0.25) is 5.91 Å². The second-order valence-electron chi connectivity index (χ2n) is 10.9. The van der Waals surface area contributed by atoms with Crippen molar-refractivity contribution in [1.29, 1.82) is 0 Å². The third-order valence-corrected chi connectivity index (χ3v) is 7.81. The lowest BCUT2D eigenvalue weighted by atomic mass is 9.73. The fraction of sp³-hybridized carbons (Fsp3) is 0.548. The van der Waals surface area contributed by atoms with Gasteiger partial charge in [0.15, 0.2) is 0 Å². The first kappa shape index (κ1) is 28.0. The van der Waals surface area contributed by atoms with Crippen molar-refractivity contribution < 1.29 is 19.1 Å². The van der Waals surface area contributed by atoms with Crippen LogP contribution in [0.25, 0.3) is 0 Å². The van der Waals surface area contributed by atoms with Gasteiger partial charge >= 0.3 is 0 Å². The molecule has 0 aliphatic carbocycles. The first-order valence-corrected chi connectivity index (χ1v) is 14.1. The minimum absolute atomic E-state index is 0.00908. The number of hydrogen-bond donors (Lipinski definition) is 1. The third-order valence-electron chi connectivity index (χ3n) is 7.81. The summed E-state index contributed by atoms with van der Waals surface area (Å²) in [7, 11) is 4.09. The lowest BCUT2D eigenvalue weighted by Gasteiger charge is -2.41. The first-order valence-electron chi connectivity index (χ1n) is 14.1. The summed E-state index contributed by atoms with van der Waals surface area (Å²) >= 11 is 0. The summed E-state index contributed by atoms with van der Waals surface area (Å²) in [5.74, 6) is 1.76. The summed E-state index contributed by atoms with van der Waals surface area (Å²) in [6.07, 6.45) is 7.32. The fourth-order valence-electron chi connectivity index (χ4n) is 5.52. The molecule has 206 valence electrons. The molecule has 7 nitrogen and oxygen atoms in total. The normalized spacial score (nSPS) is 18.4. The second kappa shape index (κ2) is 13.7. The molecule has 0 saturated carbocycles. The molecule has 4 rings (SSSR count). The number of carbonyl (C=O) groups excluding carboxylic acids is 2. The molecular formula is C31H43N3O4. The van der Waals surface area contributed by atoms with E-state index >= 15 is 0 Å². The minimum Gasteiger partial charge on any atom is -0.494 e. The van der Waals surface area contributed by atoms with E-state index in [-0.39, 0.29) is 11.8 Å². The molecule has 1 fully saturated rings. The highest BCUT2D eigenvalue weighted by Gasteiger charge is 2.41. The van der Waals surface area contributed by atoms with E-state index in [4.69, 9.17) is 9.47 Å². The highest BCUT2D eigenvalue weighted by atomic mass is 16.5. The van der Waals surface area contributed by atoms with Gasteiger partial charge in [-0.15, -0.1) is 0 Å². The smallest absolute Gasteiger partial charge is 0.253 e. The number of para-hydroxylation sites is 1. The number of piperidine rings is 1. The average Bonchev–Trinajstić information content (AvgIpc) is 2.94. The summed E-state index contributed by atoms with van der Waals surface area (Å²) in [5, 5.41) is 3.14. The summed E-state index contributed by atoms with van der Waals surface area (Å²) in [4.78, 5) is 30.8. The summed E-state index contributed by atoms with van der Waals surface area (Å²) in [6.45, 7) is 3.69. The van der Waals surface area contributed by atoms with Crippen LogP contribution in [0.2, 0.25) is 0 Å². The molecular weight excluding hydrogens is 478 g/mol. The standard InChI is InChI=1S/C31H43N3O4/c1-33(2)19-9-22-37-27-13-8-12-26(24-27)29(35)34-20-16-31(17-21-34)15-7-3-4-10-25-11-5-6-14-28(25)38-23-18-32-30(31)36/h5-6,8,11-14,24H,3-4,7,9-10,15-23H2,1-2H3,(H,32,36). The summed E-state index contributed by atoms with van der Waals surface area (Å²) < 4.78 is 11.9. The van der Waals surface area contributed by atoms with Gasteiger partial charge in [0.05, 0.1) is 18.6 Å². The number of aryl methyl sites for hydroxylation is 1. The van der Waals surface area contributed by atoms with Crippen molar-refractivity contribution in [2.45, 2.75) is 51.4 Å². The predicted molar refractivity (Wildman–Crippen MR) is 150 cm³/mol. The molecule has 2 aliphatic rings. The largest absolute Gasteiger partial charge is 0.494 e. The van der Waals surface area contributed by atoms with Gasteiger partial charge in [-0.05, 0) is 82.4 Å². The van der Waals surface area contributed by atoms with Crippen LogP contribution in [0.3, 0.4) is 0 Å². The Morgan fingerprint density at radius 2 is 1.87 bits per heavy atom. The van der Waals surface area contributed by atoms with Crippen LogP contribution >= 0.6 is 0 Å². The van der Waals surface area contributed by atoms with Gasteiger partial charge in [-0.1, -0.05) is 37.1 Å². The Morgan fingerprint density at radius 3 is 2.68 bits per heavy atom. The molecule has 2 amide bonds. The van der Waals surface area contributed by atoms with Crippen molar-refractivity contribution in [3.63, 3.8) is 0 Å². The van der Waals surface area contributed by atoms with Gasteiger partial charge in [0.1, 0.15) is 18.1 Å². The van der Waals surface area contributed by atoms with Crippen molar-refractivity contribution >= 4 is 11.8 Å². The molecule has 0 bridgehead atoms. The highest BCUT2D eigenvalue weighted by Crippen LogP contribution is 2.38. The molecule has 2 aromatic rings. The Hall–Kier alpha value is -3.06. The van der Waals surface area contributed by atoms with Gasteiger partial charge in [-0.3, -0.25) is 9.59 Å². The number of likely N-dealkylation sites (tertiary alicyclic amines) is 1. The highest BCUT2D eigenvalue weighted by molar-refractivity contribution is 5.95. The number of carbonyl (C=O) groups is 2. The number of amides is 2. The van der Waals surface area contributed by atoms with Crippen LogP contribution in [0, 0.1) is 5.41 Å². The van der Waals surface area contributed by atoms with Gasteiger partial charge in [0.25, 0.3) is 5.91 Å². The number of hydrogen-bond acceptors (Lipinski definition) is 5. The maximum Gasteiger partial charge on any atom is 0.253 e. The lowest BCUT2D eigenvalue weighted by Crippen LogP contribution is -2.50. The molecule has 2 heterocycles. The summed E-state index contributed by atoms with van der Waals surface area (Å²) in [6, 6.07) is 15.7. The molecule has 1 spiro atoms. The van der Waals surface area contributed by atoms with Gasteiger partial charge < -0.3 is 24.6 Å². The van der Waals surface area contributed by atoms with Crippen LogP contribution in [-0.2, 0) is 11.2 Å². The Labute approximate surface area is 227 Å². The zero-order valence-electron chi connectivity index (χ0n) is 23.0. The predicted octanol–water partition coefficient (Wildman–Crippen LogP) is 4.55. The van der Waals surface area contributed by atoms with E-state index in [0.29, 0.717) is 51.3 Å². The Kier molecular flexibility index (Phi) is 10.0. The quantitative estimate of drug-likeness (QED) is 0.565. The van der Waals surface area contributed by atoms with Crippen LogP contribution in [0.15, 0.2) is 48.5 Å². The molecule has 1 saturated heterocycles. The van der Waals surface area contributed by atoms with E-state index in [0.717, 1.165) is 56.6 Å². The Balaban J connectivity index is 1.33. The molecule has 2 aromatic carbocycles. The Bertz CT molecular complexity index is 1060. The Morgan fingerprint density at radius 1 is 1.05 bits per heavy atom. The van der Waals surface area contributed by atoms with Gasteiger partial charge in [-0.2, -0.15) is 0 Å². The molecule has 1 N–H and O–H groups in total. The van der Waals surface area contributed by atoms with Crippen LogP contribution in [-0.4, -0.2) is 75.1 Å². The number of ether oxygens (including phenoxy) is 2. The van der Waals surface area contributed by atoms with Crippen molar-refractivity contribution in [3.8, 4) is 11.5 Å². The van der Waals surface area contributed by atoms with Crippen molar-refractivity contribution in [2.24, 2.45) is 5.41 Å². The lowest BCUT2D eigenvalue weighted by molar-refractivity contribution is -0.134. The van der Waals surface area contributed by atoms with Crippen molar-refractivity contribution in [2.75, 3.05) is 53.5 Å². The monoisotopic (exact) mass is 521 g/mol. The van der Waals surface area contributed by atoms with E-state index in [1.165, 1.54) is 5.56 Å². The SMILES string of the molecule is CN(C)CCCOc1cccc(C(=O)N2CCC3(CCCCCc4ccccc4OCCNC3=O)CC2)c1. The second-order valence-corrected chi connectivity index (χ2v) is 10.9. The average molecular weight is 522 g/mol. The first-order chi connectivity index (χ1) is 18.5. The van der Waals surface area contributed by atoms with Crippen LogP contribution in [0.5, 0.6) is 11.5 Å². The van der Waals surface area contributed by atoms with E-state index in [1.54, 1.807) is 0 Å². The zero-order valence-corrected chi connectivity index (χ0v) is 23.0. The minimum atomic E-state index is -0.422. The maximum atomic E-state index is 13.4. The zero-order chi connectivity index (χ0) is 26.8. The number of nitrogens with one attached hydrogen (secondary N) is 1. The topological polar surface area (TPSA) is 71.1 Å². The fourth-order valence-corrected chi connectivity index (χ4v) is 5.52. The molecule has 2 aliphatic heterocycles. The van der Waals surface area contributed by atoms with E-state index < -0.39 is 5.41 Å². The van der Waals surface area contributed by atoms with Crippen molar-refractivity contribution in [3.05, 3.63) is 59.7 Å². The molecule has 0 atom stereocenters. The maximum absolute atomic E-state index is 13.4. The molecule has 7 heteroatoms. The number of nitrogens with zero attached hydrogens (tertiary/aromatic N) is 2.